The quantitative estimate of drug-likeness (QED) is 0.744. The molecule has 0 amide bonds. The molecule has 4 nitrogen and oxygen atoms in total. The second-order valence-electron chi connectivity index (χ2n) is 3.51. The monoisotopic (exact) mass is 242 g/mol. The van der Waals surface area contributed by atoms with Crippen molar-refractivity contribution in [2.45, 2.75) is 13.0 Å². The van der Waals surface area contributed by atoms with Gasteiger partial charge in [-0.1, -0.05) is 0 Å². The summed E-state index contributed by atoms with van der Waals surface area (Å²) in [5, 5.41) is 8.76. The minimum absolute atomic E-state index is 0.0573. The zero-order chi connectivity index (χ0) is 12.7. The van der Waals surface area contributed by atoms with E-state index in [-0.39, 0.29) is 17.7 Å². The van der Waals surface area contributed by atoms with E-state index in [4.69, 9.17) is 14.6 Å². The maximum atomic E-state index is 13.3. The molecule has 0 unspecified atom stereocenters. The van der Waals surface area contributed by atoms with Crippen molar-refractivity contribution in [2.24, 2.45) is 0 Å². The van der Waals surface area contributed by atoms with E-state index in [1.54, 1.807) is 7.11 Å². The zero-order valence-corrected chi connectivity index (χ0v) is 9.61. The van der Waals surface area contributed by atoms with Gasteiger partial charge in [-0.25, -0.2) is 9.18 Å². The summed E-state index contributed by atoms with van der Waals surface area (Å²) in [6.45, 7) is 1.10. The van der Waals surface area contributed by atoms with Crippen LogP contribution in [0.15, 0.2) is 18.2 Å². The molecule has 0 aromatic heterocycles. The third-order valence-electron chi connectivity index (χ3n) is 2.19. The number of carboxylic acids is 1. The van der Waals surface area contributed by atoms with Crippen molar-refractivity contribution in [1.29, 1.82) is 0 Å². The number of carboxylic acid groups (broad SMARTS) is 1. The van der Waals surface area contributed by atoms with E-state index in [1.165, 1.54) is 12.1 Å². The molecular formula is C12H15FO4. The van der Waals surface area contributed by atoms with Crippen LogP contribution in [0.2, 0.25) is 0 Å². The molecule has 0 saturated heterocycles. The van der Waals surface area contributed by atoms with Gasteiger partial charge in [0.05, 0.1) is 12.2 Å². The van der Waals surface area contributed by atoms with Crippen molar-refractivity contribution in [3.63, 3.8) is 0 Å². The van der Waals surface area contributed by atoms with E-state index in [0.717, 1.165) is 12.5 Å². The van der Waals surface area contributed by atoms with Crippen LogP contribution in [-0.2, 0) is 16.1 Å². The second kappa shape index (κ2) is 6.98. The summed E-state index contributed by atoms with van der Waals surface area (Å²) in [5.74, 6) is -1.53. The van der Waals surface area contributed by atoms with Gasteiger partial charge in [-0.05, 0) is 24.6 Å². The van der Waals surface area contributed by atoms with Gasteiger partial charge in [0.1, 0.15) is 5.82 Å². The maximum absolute atomic E-state index is 13.3. The van der Waals surface area contributed by atoms with Crippen molar-refractivity contribution in [2.75, 3.05) is 20.3 Å². The molecule has 0 fully saturated rings. The largest absolute Gasteiger partial charge is 0.478 e. The summed E-state index contributed by atoms with van der Waals surface area (Å²) in [6.07, 6.45) is 0.719. The highest BCUT2D eigenvalue weighted by atomic mass is 19.1. The van der Waals surface area contributed by atoms with E-state index < -0.39 is 11.8 Å². The predicted molar refractivity (Wildman–Crippen MR) is 59.5 cm³/mol. The minimum Gasteiger partial charge on any atom is -0.478 e. The van der Waals surface area contributed by atoms with E-state index >= 15 is 0 Å². The molecule has 0 atom stereocenters. The Morgan fingerprint density at radius 2 is 2.18 bits per heavy atom. The first-order valence-corrected chi connectivity index (χ1v) is 5.23. The van der Waals surface area contributed by atoms with Gasteiger partial charge >= 0.3 is 5.97 Å². The summed E-state index contributed by atoms with van der Waals surface area (Å²) in [6, 6.07) is 3.65. The topological polar surface area (TPSA) is 55.8 Å². The average molecular weight is 242 g/mol. The summed E-state index contributed by atoms with van der Waals surface area (Å²) in [5.41, 5.74) is 0.309. The number of rotatable bonds is 7. The van der Waals surface area contributed by atoms with Crippen LogP contribution in [0.3, 0.4) is 0 Å². The van der Waals surface area contributed by atoms with Gasteiger partial charge in [0.2, 0.25) is 0 Å². The van der Waals surface area contributed by atoms with Gasteiger partial charge in [-0.3, -0.25) is 0 Å². The molecule has 0 saturated carbocycles. The molecule has 1 N–H and O–H groups in total. The molecule has 5 heteroatoms. The molecule has 1 aromatic carbocycles. The van der Waals surface area contributed by atoms with Gasteiger partial charge in [-0.15, -0.1) is 0 Å². The third-order valence-corrected chi connectivity index (χ3v) is 2.19. The van der Waals surface area contributed by atoms with Crippen molar-refractivity contribution in [3.05, 3.63) is 35.1 Å². The lowest BCUT2D eigenvalue weighted by molar-refractivity contribution is 0.0696. The number of aromatic carboxylic acids is 1. The summed E-state index contributed by atoms with van der Waals surface area (Å²) in [7, 11) is 1.59. The molecule has 0 aliphatic heterocycles. The van der Waals surface area contributed by atoms with Crippen LogP contribution < -0.4 is 0 Å². The number of ether oxygens (including phenoxy) is 2. The van der Waals surface area contributed by atoms with Gasteiger partial charge in [-0.2, -0.15) is 0 Å². The van der Waals surface area contributed by atoms with E-state index in [0.29, 0.717) is 13.2 Å². The van der Waals surface area contributed by atoms with Gasteiger partial charge in [0.15, 0.2) is 0 Å². The number of hydrogen-bond acceptors (Lipinski definition) is 3. The van der Waals surface area contributed by atoms with Crippen molar-refractivity contribution in [1.82, 2.24) is 0 Å². The Morgan fingerprint density at radius 1 is 1.41 bits per heavy atom. The minimum atomic E-state index is -1.08. The van der Waals surface area contributed by atoms with Crippen LogP contribution in [0.1, 0.15) is 22.3 Å². The molecule has 1 aromatic rings. The number of hydrogen-bond donors (Lipinski definition) is 1. The summed E-state index contributed by atoms with van der Waals surface area (Å²) < 4.78 is 23.4. The van der Waals surface area contributed by atoms with Crippen LogP contribution in [0.5, 0.6) is 0 Å². The number of methoxy groups -OCH3 is 1. The molecule has 0 spiro atoms. The maximum Gasteiger partial charge on any atom is 0.335 e. The summed E-state index contributed by atoms with van der Waals surface area (Å²) >= 11 is 0. The Balaban J connectivity index is 2.51. The van der Waals surface area contributed by atoms with Crippen LogP contribution in [0.4, 0.5) is 4.39 Å². The fourth-order valence-corrected chi connectivity index (χ4v) is 1.31. The van der Waals surface area contributed by atoms with Crippen LogP contribution >= 0.6 is 0 Å². The van der Waals surface area contributed by atoms with Crippen molar-refractivity contribution in [3.8, 4) is 0 Å². The molecule has 0 radical (unpaired) electrons. The number of halogens is 1. The highest BCUT2D eigenvalue weighted by molar-refractivity contribution is 5.87. The Hall–Kier alpha value is -1.46. The van der Waals surface area contributed by atoms with E-state index in [1.807, 2.05) is 0 Å². The lowest BCUT2D eigenvalue weighted by Gasteiger charge is -2.06. The van der Waals surface area contributed by atoms with Crippen molar-refractivity contribution >= 4 is 5.97 Å². The molecule has 17 heavy (non-hydrogen) atoms. The van der Waals surface area contributed by atoms with Gasteiger partial charge in [0.25, 0.3) is 0 Å². The highest BCUT2D eigenvalue weighted by Crippen LogP contribution is 2.12. The molecule has 94 valence electrons. The Morgan fingerprint density at radius 3 is 2.82 bits per heavy atom. The first-order valence-electron chi connectivity index (χ1n) is 5.23. The lowest BCUT2D eigenvalue weighted by atomic mass is 10.1. The Kier molecular flexibility index (Phi) is 5.59. The van der Waals surface area contributed by atoms with E-state index in [9.17, 15) is 9.18 Å². The molecule has 0 bridgehead atoms. The van der Waals surface area contributed by atoms with Crippen LogP contribution in [0, 0.1) is 5.82 Å². The van der Waals surface area contributed by atoms with Crippen LogP contribution in [0.25, 0.3) is 0 Å². The fourth-order valence-electron chi connectivity index (χ4n) is 1.31. The van der Waals surface area contributed by atoms with Crippen LogP contribution in [-0.4, -0.2) is 31.4 Å². The molecule has 0 aliphatic carbocycles. The number of benzene rings is 1. The summed E-state index contributed by atoms with van der Waals surface area (Å²) in [4.78, 5) is 10.7. The standard InChI is InChI=1S/C12H15FO4/c1-16-5-2-6-17-8-10-7-9(12(14)15)3-4-11(10)13/h3-4,7H,2,5-6,8H2,1H3,(H,14,15). The van der Waals surface area contributed by atoms with Crippen molar-refractivity contribution < 1.29 is 23.8 Å². The first kappa shape index (κ1) is 13.6. The number of carbonyl (C=O) groups is 1. The first-order chi connectivity index (χ1) is 8.15. The van der Waals surface area contributed by atoms with Gasteiger partial charge in [0, 0.05) is 25.9 Å². The Labute approximate surface area is 99.0 Å². The predicted octanol–water partition coefficient (Wildman–Crippen LogP) is 2.08. The molecular weight excluding hydrogens is 227 g/mol. The molecule has 1 rings (SSSR count). The SMILES string of the molecule is COCCCOCc1cc(C(=O)O)ccc1F. The zero-order valence-electron chi connectivity index (χ0n) is 9.61. The smallest absolute Gasteiger partial charge is 0.335 e. The fraction of sp³-hybridized carbons (Fsp3) is 0.417. The Bertz CT molecular complexity index is 379. The second-order valence-corrected chi connectivity index (χ2v) is 3.51. The van der Waals surface area contributed by atoms with Gasteiger partial charge < -0.3 is 14.6 Å². The average Bonchev–Trinajstić information content (AvgIpc) is 2.30. The molecule has 0 aliphatic rings. The molecule has 0 heterocycles. The normalized spacial score (nSPS) is 10.5. The highest BCUT2D eigenvalue weighted by Gasteiger charge is 2.08. The lowest BCUT2D eigenvalue weighted by Crippen LogP contribution is -2.03. The van der Waals surface area contributed by atoms with E-state index in [2.05, 4.69) is 0 Å². The third kappa shape index (κ3) is 4.50.